The van der Waals surface area contributed by atoms with Gasteiger partial charge in [-0.1, -0.05) is 116 Å². The van der Waals surface area contributed by atoms with E-state index in [2.05, 4.69) is 6.92 Å². The number of hydrogen-bond donors (Lipinski definition) is 1. The summed E-state index contributed by atoms with van der Waals surface area (Å²) in [6.07, 6.45) is 23.7. The molecule has 0 aliphatic rings. The van der Waals surface area contributed by atoms with Crippen molar-refractivity contribution in [3.05, 3.63) is 0 Å². The van der Waals surface area contributed by atoms with Gasteiger partial charge in [-0.2, -0.15) is 0 Å². The minimum atomic E-state index is -0.734. The minimum Gasteiger partial charge on any atom is -0.462 e. The van der Waals surface area contributed by atoms with Gasteiger partial charge < -0.3 is 15.2 Å². The SMILES string of the molecule is CCCCCCCCCCCCCCCC(=O)O[C@@H](COP=O)COC(=O)CCCCCCCCCN. The van der Waals surface area contributed by atoms with E-state index in [0.29, 0.717) is 12.8 Å². The van der Waals surface area contributed by atoms with Crippen molar-refractivity contribution in [3.8, 4) is 0 Å². The third kappa shape index (κ3) is 27.8. The lowest BCUT2D eigenvalue weighted by molar-refractivity contribution is -0.160. The van der Waals surface area contributed by atoms with Gasteiger partial charge in [0.25, 0.3) is 0 Å². The summed E-state index contributed by atoms with van der Waals surface area (Å²) in [4.78, 5) is 24.2. The molecule has 0 fully saturated rings. The third-order valence-corrected chi connectivity index (χ3v) is 6.87. The normalized spacial score (nSPS) is 12.1. The summed E-state index contributed by atoms with van der Waals surface area (Å²) in [6.45, 7) is 2.87. The first-order valence-electron chi connectivity index (χ1n) is 15.1. The molecule has 0 aliphatic heterocycles. The van der Waals surface area contributed by atoms with E-state index in [9.17, 15) is 14.2 Å². The molecular weight excluding hydrogens is 489 g/mol. The first-order chi connectivity index (χ1) is 18.1. The molecule has 218 valence electrons. The van der Waals surface area contributed by atoms with E-state index in [1.165, 1.54) is 77.0 Å². The van der Waals surface area contributed by atoms with E-state index < -0.39 is 14.8 Å². The van der Waals surface area contributed by atoms with Gasteiger partial charge in [0.05, 0.1) is 0 Å². The van der Waals surface area contributed by atoms with Gasteiger partial charge in [0.15, 0.2) is 6.10 Å². The molecular formula is C29H56NO6P. The second kappa shape index (κ2) is 29.5. The molecule has 0 heterocycles. The van der Waals surface area contributed by atoms with E-state index in [4.69, 9.17) is 19.7 Å². The maximum absolute atomic E-state index is 12.2. The van der Waals surface area contributed by atoms with Crippen LogP contribution in [0.25, 0.3) is 0 Å². The summed E-state index contributed by atoms with van der Waals surface area (Å²) in [6, 6.07) is 0. The van der Waals surface area contributed by atoms with Crippen LogP contribution >= 0.6 is 8.69 Å². The Balaban J connectivity index is 3.78. The zero-order valence-electron chi connectivity index (χ0n) is 23.7. The van der Waals surface area contributed by atoms with Gasteiger partial charge in [-0.15, -0.1) is 0 Å². The number of nitrogens with two attached hydrogens (primary N) is 1. The molecule has 0 bridgehead atoms. The van der Waals surface area contributed by atoms with Crippen molar-refractivity contribution >= 4 is 20.6 Å². The minimum absolute atomic E-state index is 0.0640. The summed E-state index contributed by atoms with van der Waals surface area (Å²) >= 11 is 0. The molecule has 0 rings (SSSR count). The standard InChI is InChI=1S/C29H56NO6P/c1-2-3-4-5-6-7-8-9-10-11-13-17-20-23-29(32)36-27(26-35-37-33)25-34-28(31)22-19-16-14-12-15-18-21-24-30/h27H,2-26,30H2,1H3/t27-/m1/s1. The number of esters is 2. The molecule has 0 saturated carbocycles. The van der Waals surface area contributed by atoms with Gasteiger partial charge in [-0.3, -0.25) is 14.1 Å². The highest BCUT2D eigenvalue weighted by molar-refractivity contribution is 7.17. The molecule has 8 heteroatoms. The predicted octanol–water partition coefficient (Wildman–Crippen LogP) is 8.23. The summed E-state index contributed by atoms with van der Waals surface area (Å²) in [5.74, 6) is -0.634. The van der Waals surface area contributed by atoms with E-state index in [1.807, 2.05) is 0 Å². The van der Waals surface area contributed by atoms with Crippen LogP contribution in [0.15, 0.2) is 0 Å². The van der Waals surface area contributed by atoms with Crippen molar-refractivity contribution in [1.82, 2.24) is 0 Å². The quantitative estimate of drug-likeness (QED) is 0.0573. The molecule has 7 nitrogen and oxygen atoms in total. The van der Waals surface area contributed by atoms with E-state index >= 15 is 0 Å². The summed E-state index contributed by atoms with van der Waals surface area (Å²) in [5.41, 5.74) is 5.49. The monoisotopic (exact) mass is 545 g/mol. The number of hydrogen-bond acceptors (Lipinski definition) is 7. The smallest absolute Gasteiger partial charge is 0.327 e. The van der Waals surface area contributed by atoms with Crippen molar-refractivity contribution in [2.24, 2.45) is 5.73 Å². The maximum atomic E-state index is 12.2. The molecule has 0 aromatic carbocycles. The second-order valence-electron chi connectivity index (χ2n) is 10.2. The largest absolute Gasteiger partial charge is 0.462 e. The Bertz CT molecular complexity index is 535. The third-order valence-electron chi connectivity index (χ3n) is 6.61. The van der Waals surface area contributed by atoms with Crippen LogP contribution in [-0.4, -0.2) is 37.8 Å². The number of carbonyl (C=O) groups is 2. The summed E-state index contributed by atoms with van der Waals surface area (Å²) in [5, 5.41) is 0. The van der Waals surface area contributed by atoms with Crippen LogP contribution in [0.3, 0.4) is 0 Å². The zero-order chi connectivity index (χ0) is 27.2. The molecule has 0 spiro atoms. The van der Waals surface area contributed by atoms with Crippen LogP contribution in [-0.2, 0) is 28.2 Å². The van der Waals surface area contributed by atoms with Crippen molar-refractivity contribution < 1.29 is 28.2 Å². The summed E-state index contributed by atoms with van der Waals surface area (Å²) in [7, 11) is -0.489. The fourth-order valence-electron chi connectivity index (χ4n) is 4.32. The maximum Gasteiger partial charge on any atom is 0.327 e. The average molecular weight is 546 g/mol. The predicted molar refractivity (Wildman–Crippen MR) is 151 cm³/mol. The fourth-order valence-corrected chi connectivity index (χ4v) is 4.54. The number of carbonyl (C=O) groups excluding carboxylic acids is 2. The second-order valence-corrected chi connectivity index (χ2v) is 10.6. The van der Waals surface area contributed by atoms with E-state index in [1.54, 1.807) is 0 Å². The highest BCUT2D eigenvalue weighted by atomic mass is 31.1. The Morgan fingerprint density at radius 3 is 1.51 bits per heavy atom. The molecule has 0 amide bonds. The number of ether oxygens (including phenoxy) is 2. The van der Waals surface area contributed by atoms with Gasteiger partial charge in [-0.05, 0) is 25.8 Å². The van der Waals surface area contributed by atoms with Crippen LogP contribution in [0, 0.1) is 0 Å². The van der Waals surface area contributed by atoms with E-state index in [0.717, 1.165) is 57.9 Å². The topological polar surface area (TPSA) is 105 Å². The highest BCUT2D eigenvalue weighted by Crippen LogP contribution is 2.14. The van der Waals surface area contributed by atoms with Crippen molar-refractivity contribution in [3.63, 3.8) is 0 Å². The molecule has 2 N–H and O–H groups in total. The fraction of sp³-hybridized carbons (Fsp3) is 0.931. The van der Waals surface area contributed by atoms with Crippen molar-refractivity contribution in [2.75, 3.05) is 19.8 Å². The Labute approximate surface area is 228 Å². The highest BCUT2D eigenvalue weighted by Gasteiger charge is 2.17. The van der Waals surface area contributed by atoms with Crippen LogP contribution in [0.2, 0.25) is 0 Å². The zero-order valence-corrected chi connectivity index (χ0v) is 24.6. The van der Waals surface area contributed by atoms with Crippen LogP contribution in [0.4, 0.5) is 0 Å². The van der Waals surface area contributed by atoms with Gasteiger partial charge >= 0.3 is 20.6 Å². The van der Waals surface area contributed by atoms with E-state index in [-0.39, 0.29) is 25.2 Å². The van der Waals surface area contributed by atoms with Crippen LogP contribution < -0.4 is 5.73 Å². The Hall–Kier alpha value is -1.04. The first-order valence-corrected chi connectivity index (χ1v) is 15.9. The average Bonchev–Trinajstić information content (AvgIpc) is 2.89. The molecule has 37 heavy (non-hydrogen) atoms. The Kier molecular flexibility index (Phi) is 28.7. The molecule has 1 atom stereocenters. The molecule has 0 unspecified atom stereocenters. The molecule has 0 aliphatic carbocycles. The number of unbranched alkanes of at least 4 members (excludes halogenated alkanes) is 18. The van der Waals surface area contributed by atoms with Crippen molar-refractivity contribution in [2.45, 2.75) is 154 Å². The lowest BCUT2D eigenvalue weighted by atomic mass is 10.0. The van der Waals surface area contributed by atoms with Gasteiger partial charge in [-0.25, -0.2) is 4.57 Å². The van der Waals surface area contributed by atoms with Crippen molar-refractivity contribution in [1.29, 1.82) is 0 Å². The lowest BCUT2D eigenvalue weighted by Crippen LogP contribution is -2.28. The molecule has 0 saturated heterocycles. The lowest BCUT2D eigenvalue weighted by Gasteiger charge is -2.16. The van der Waals surface area contributed by atoms with Crippen LogP contribution in [0.5, 0.6) is 0 Å². The summed E-state index contributed by atoms with van der Waals surface area (Å²) < 4.78 is 26.2. The van der Waals surface area contributed by atoms with Gasteiger partial charge in [0.2, 0.25) is 0 Å². The number of rotatable bonds is 29. The van der Waals surface area contributed by atoms with Gasteiger partial charge in [0, 0.05) is 12.8 Å². The Morgan fingerprint density at radius 1 is 0.622 bits per heavy atom. The Morgan fingerprint density at radius 2 is 1.05 bits per heavy atom. The molecule has 0 aromatic rings. The van der Waals surface area contributed by atoms with Gasteiger partial charge in [0.1, 0.15) is 13.2 Å². The van der Waals surface area contributed by atoms with Crippen LogP contribution in [0.1, 0.15) is 148 Å². The first kappa shape index (κ1) is 36.0. The molecule has 0 radical (unpaired) electrons. The molecule has 0 aromatic heterocycles.